The number of aromatic amines is 1. The lowest BCUT2D eigenvalue weighted by Gasteiger charge is -1.98. The number of nitrogens with zero attached hydrogens (tertiary/aromatic N) is 3. The highest BCUT2D eigenvalue weighted by Gasteiger charge is 2.02. The summed E-state index contributed by atoms with van der Waals surface area (Å²) in [5.74, 6) is 0. The number of unbranched alkanes of at least 4 members (excludes halogenated alkanes) is 1. The van der Waals surface area contributed by atoms with E-state index in [2.05, 4.69) is 33.4 Å². The molecule has 0 aliphatic heterocycles. The Balaban J connectivity index is 0.000000202. The highest BCUT2D eigenvalue weighted by atomic mass is 32.1. The first-order valence-corrected chi connectivity index (χ1v) is 6.97. The number of thiazole rings is 1. The highest BCUT2D eigenvalue weighted by Crippen LogP contribution is 2.15. The SMILES string of the molecule is CCCCc1cccc2[nH]nnc12.c1cscn1. The standard InChI is InChI=1S/C10H13N3.C3H3NS/c1-2-3-5-8-6-4-7-9-10(8)12-13-11-9;1-2-5-3-4-1/h4,6-7H,2-3,5H2,1H3,(H,11,12,13);1-3H. The summed E-state index contributed by atoms with van der Waals surface area (Å²) in [7, 11) is 0. The Morgan fingerprint density at radius 1 is 1.33 bits per heavy atom. The van der Waals surface area contributed by atoms with Crippen LogP contribution in [0.2, 0.25) is 0 Å². The second kappa shape index (κ2) is 6.86. The van der Waals surface area contributed by atoms with Crippen LogP contribution in [0.15, 0.2) is 35.3 Å². The van der Waals surface area contributed by atoms with E-state index >= 15 is 0 Å². The quantitative estimate of drug-likeness (QED) is 0.784. The van der Waals surface area contributed by atoms with Gasteiger partial charge in [0.05, 0.1) is 11.0 Å². The minimum absolute atomic E-state index is 1.02. The molecule has 0 saturated carbocycles. The van der Waals surface area contributed by atoms with E-state index in [1.54, 1.807) is 23.0 Å². The minimum Gasteiger partial charge on any atom is -0.258 e. The second-order valence-electron chi connectivity index (χ2n) is 3.90. The molecule has 0 radical (unpaired) electrons. The molecule has 0 saturated heterocycles. The lowest BCUT2D eigenvalue weighted by molar-refractivity contribution is 0.797. The van der Waals surface area contributed by atoms with Crippen LogP contribution in [0, 0.1) is 0 Å². The van der Waals surface area contributed by atoms with Gasteiger partial charge in [-0.1, -0.05) is 30.7 Å². The predicted octanol–water partition coefficient (Wildman–Crippen LogP) is 3.44. The van der Waals surface area contributed by atoms with Crippen LogP contribution in [0.3, 0.4) is 0 Å². The van der Waals surface area contributed by atoms with Gasteiger partial charge in [-0.2, -0.15) is 0 Å². The van der Waals surface area contributed by atoms with Crippen molar-refractivity contribution in [1.29, 1.82) is 0 Å². The van der Waals surface area contributed by atoms with Crippen molar-refractivity contribution in [2.45, 2.75) is 26.2 Å². The highest BCUT2D eigenvalue weighted by molar-refractivity contribution is 7.07. The summed E-state index contributed by atoms with van der Waals surface area (Å²) < 4.78 is 0. The van der Waals surface area contributed by atoms with Crippen LogP contribution in [0.4, 0.5) is 0 Å². The van der Waals surface area contributed by atoms with Crippen molar-refractivity contribution in [3.8, 4) is 0 Å². The molecule has 5 heteroatoms. The third-order valence-corrected chi connectivity index (χ3v) is 3.11. The molecule has 18 heavy (non-hydrogen) atoms. The van der Waals surface area contributed by atoms with Crippen LogP contribution in [0.25, 0.3) is 11.0 Å². The summed E-state index contributed by atoms with van der Waals surface area (Å²) >= 11 is 1.60. The van der Waals surface area contributed by atoms with Gasteiger partial charge in [-0.15, -0.1) is 16.4 Å². The first-order chi connectivity index (χ1) is 8.92. The van der Waals surface area contributed by atoms with E-state index in [0.29, 0.717) is 0 Å². The van der Waals surface area contributed by atoms with Crippen molar-refractivity contribution >= 4 is 22.4 Å². The maximum Gasteiger partial charge on any atom is 0.116 e. The normalized spacial score (nSPS) is 10.1. The summed E-state index contributed by atoms with van der Waals surface area (Å²) in [4.78, 5) is 3.74. The van der Waals surface area contributed by atoms with Gasteiger partial charge in [-0.25, -0.2) is 0 Å². The van der Waals surface area contributed by atoms with Crippen molar-refractivity contribution in [3.05, 3.63) is 40.8 Å². The molecule has 94 valence electrons. The van der Waals surface area contributed by atoms with E-state index in [-0.39, 0.29) is 0 Å². The van der Waals surface area contributed by atoms with E-state index in [1.165, 1.54) is 18.4 Å². The van der Waals surface area contributed by atoms with Gasteiger partial charge < -0.3 is 0 Å². The number of benzene rings is 1. The third-order valence-electron chi connectivity index (χ3n) is 2.59. The Labute approximate surface area is 110 Å². The molecule has 0 aliphatic rings. The fourth-order valence-corrected chi connectivity index (χ4v) is 2.02. The molecule has 3 aromatic rings. The Hall–Kier alpha value is -1.75. The van der Waals surface area contributed by atoms with Gasteiger partial charge in [0.2, 0.25) is 0 Å². The molecule has 2 heterocycles. The Morgan fingerprint density at radius 3 is 2.94 bits per heavy atom. The summed E-state index contributed by atoms with van der Waals surface area (Å²) in [5.41, 5.74) is 5.15. The maximum absolute atomic E-state index is 4.07. The molecule has 3 rings (SSSR count). The number of aryl methyl sites for hydroxylation is 1. The van der Waals surface area contributed by atoms with Crippen molar-refractivity contribution in [1.82, 2.24) is 20.4 Å². The van der Waals surface area contributed by atoms with E-state index in [4.69, 9.17) is 0 Å². The van der Waals surface area contributed by atoms with Crippen molar-refractivity contribution in [2.75, 3.05) is 0 Å². The maximum atomic E-state index is 4.07. The molecular formula is C13H16N4S. The van der Waals surface area contributed by atoms with E-state index in [1.807, 2.05) is 17.5 Å². The molecule has 1 N–H and O–H groups in total. The number of fused-ring (bicyclic) bond motifs is 1. The van der Waals surface area contributed by atoms with Gasteiger partial charge >= 0.3 is 0 Å². The number of nitrogens with one attached hydrogen (secondary N) is 1. The van der Waals surface area contributed by atoms with Gasteiger partial charge in [-0.05, 0) is 24.5 Å². The van der Waals surface area contributed by atoms with Crippen LogP contribution >= 0.6 is 11.3 Å². The first-order valence-electron chi connectivity index (χ1n) is 6.02. The van der Waals surface area contributed by atoms with E-state index in [9.17, 15) is 0 Å². The molecule has 0 atom stereocenters. The summed E-state index contributed by atoms with van der Waals surface area (Å²) in [6, 6.07) is 6.18. The summed E-state index contributed by atoms with van der Waals surface area (Å²) in [6.45, 7) is 2.20. The number of hydrogen-bond acceptors (Lipinski definition) is 4. The van der Waals surface area contributed by atoms with Crippen LogP contribution in [-0.2, 0) is 6.42 Å². The molecule has 1 aromatic carbocycles. The zero-order chi connectivity index (χ0) is 12.6. The lowest BCUT2D eigenvalue weighted by atomic mass is 10.1. The molecular weight excluding hydrogens is 244 g/mol. The number of rotatable bonds is 3. The summed E-state index contributed by atoms with van der Waals surface area (Å²) in [6.07, 6.45) is 5.30. The van der Waals surface area contributed by atoms with Crippen molar-refractivity contribution in [3.63, 3.8) is 0 Å². The summed E-state index contributed by atoms with van der Waals surface area (Å²) in [5, 5.41) is 12.7. The molecule has 0 amide bonds. The van der Waals surface area contributed by atoms with Crippen LogP contribution < -0.4 is 0 Å². The number of hydrogen-bond donors (Lipinski definition) is 1. The topological polar surface area (TPSA) is 54.5 Å². The van der Waals surface area contributed by atoms with Gasteiger partial charge in [-0.3, -0.25) is 10.1 Å². The average molecular weight is 260 g/mol. The van der Waals surface area contributed by atoms with E-state index in [0.717, 1.165) is 17.5 Å². The Kier molecular flexibility index (Phi) is 4.84. The Bertz CT molecular complexity index is 542. The van der Waals surface area contributed by atoms with Gasteiger partial charge in [0, 0.05) is 11.6 Å². The lowest BCUT2D eigenvalue weighted by Crippen LogP contribution is -1.86. The largest absolute Gasteiger partial charge is 0.258 e. The Morgan fingerprint density at radius 2 is 2.28 bits per heavy atom. The monoisotopic (exact) mass is 260 g/mol. The van der Waals surface area contributed by atoms with Crippen LogP contribution in [0.5, 0.6) is 0 Å². The molecule has 0 fully saturated rings. The molecule has 0 aliphatic carbocycles. The van der Waals surface area contributed by atoms with Crippen molar-refractivity contribution < 1.29 is 0 Å². The molecule has 0 bridgehead atoms. The smallest absolute Gasteiger partial charge is 0.116 e. The minimum atomic E-state index is 1.02. The molecule has 0 spiro atoms. The van der Waals surface area contributed by atoms with Crippen LogP contribution in [-0.4, -0.2) is 20.4 Å². The fourth-order valence-electron chi connectivity index (χ4n) is 1.67. The first kappa shape index (κ1) is 12.7. The average Bonchev–Trinajstić information content (AvgIpc) is 3.09. The zero-order valence-corrected chi connectivity index (χ0v) is 11.2. The van der Waals surface area contributed by atoms with Gasteiger partial charge in [0.1, 0.15) is 5.52 Å². The van der Waals surface area contributed by atoms with Gasteiger partial charge in [0.25, 0.3) is 0 Å². The van der Waals surface area contributed by atoms with Gasteiger partial charge in [0.15, 0.2) is 0 Å². The predicted molar refractivity (Wildman–Crippen MR) is 74.6 cm³/mol. The molecule has 0 unspecified atom stereocenters. The third kappa shape index (κ3) is 3.37. The van der Waals surface area contributed by atoms with E-state index < -0.39 is 0 Å². The number of aromatic nitrogens is 4. The second-order valence-corrected chi connectivity index (χ2v) is 4.66. The molecule has 4 nitrogen and oxygen atoms in total. The van der Waals surface area contributed by atoms with Crippen molar-refractivity contribution in [2.24, 2.45) is 0 Å². The zero-order valence-electron chi connectivity index (χ0n) is 10.3. The molecule has 2 aromatic heterocycles. The fraction of sp³-hybridized carbons (Fsp3) is 0.308. The van der Waals surface area contributed by atoms with Crippen LogP contribution in [0.1, 0.15) is 25.3 Å². The number of H-pyrrole nitrogens is 1.